The molecule has 0 aliphatic carbocycles. The zero-order chi connectivity index (χ0) is 10.7. The highest BCUT2D eigenvalue weighted by atomic mass is 19.3. The van der Waals surface area contributed by atoms with Crippen LogP contribution in [0.15, 0.2) is 6.07 Å². The number of nitrogens with two attached hydrogens (primary N) is 2. The summed E-state index contributed by atoms with van der Waals surface area (Å²) in [5.74, 6) is 0. The molecule has 0 bridgehead atoms. The van der Waals surface area contributed by atoms with E-state index >= 15 is 0 Å². The molecule has 0 amide bonds. The van der Waals surface area contributed by atoms with Crippen LogP contribution in [0.25, 0.3) is 0 Å². The van der Waals surface area contributed by atoms with E-state index in [1.54, 1.807) is 6.07 Å². The highest BCUT2D eigenvalue weighted by Crippen LogP contribution is 2.22. The molecule has 1 heterocycles. The number of anilines is 1. The monoisotopic (exact) mass is 198 g/mol. The fourth-order valence-corrected chi connectivity index (χ4v) is 1.03. The van der Waals surface area contributed by atoms with Crippen LogP contribution in [-0.4, -0.2) is 4.98 Å². The summed E-state index contributed by atoms with van der Waals surface area (Å²) in [6.07, 6.45) is -2.71. The van der Waals surface area contributed by atoms with E-state index in [1.807, 2.05) is 0 Å². The molecule has 1 rings (SSSR count). The summed E-state index contributed by atoms with van der Waals surface area (Å²) in [6, 6.07) is 2.76. The summed E-state index contributed by atoms with van der Waals surface area (Å²) in [4.78, 5) is 3.54. The number of nitrogen functional groups attached to an aromatic ring is 1. The fraction of sp³-hybridized carbons (Fsp3) is 0.250. The SMILES string of the molecule is N#Cc1c(N)cc(C(F)F)nc1CN. The van der Waals surface area contributed by atoms with Gasteiger partial charge in [-0.3, -0.25) is 0 Å². The first-order valence-corrected chi connectivity index (χ1v) is 3.77. The van der Waals surface area contributed by atoms with Crippen LogP contribution >= 0.6 is 0 Å². The second kappa shape index (κ2) is 3.98. The maximum Gasteiger partial charge on any atom is 0.280 e. The smallest absolute Gasteiger partial charge is 0.280 e. The Labute approximate surface area is 79.1 Å². The summed E-state index contributed by atoms with van der Waals surface area (Å²) in [6.45, 7) is -0.0896. The number of aromatic nitrogens is 1. The summed E-state index contributed by atoms with van der Waals surface area (Å²) in [5, 5.41) is 8.65. The molecule has 0 aliphatic heterocycles. The molecule has 0 saturated heterocycles. The molecule has 0 atom stereocenters. The molecule has 0 aliphatic rings. The Hall–Kier alpha value is -1.74. The van der Waals surface area contributed by atoms with Crippen LogP contribution in [0.5, 0.6) is 0 Å². The van der Waals surface area contributed by atoms with Gasteiger partial charge in [0.15, 0.2) is 0 Å². The Kier molecular flexibility index (Phi) is 2.94. The minimum Gasteiger partial charge on any atom is -0.398 e. The van der Waals surface area contributed by atoms with Gasteiger partial charge >= 0.3 is 0 Å². The predicted octanol–water partition coefficient (Wildman–Crippen LogP) is 0.932. The molecule has 74 valence electrons. The van der Waals surface area contributed by atoms with Crippen molar-refractivity contribution >= 4 is 5.69 Å². The lowest BCUT2D eigenvalue weighted by atomic mass is 10.1. The van der Waals surface area contributed by atoms with Gasteiger partial charge in [0.1, 0.15) is 11.8 Å². The third kappa shape index (κ3) is 1.78. The van der Waals surface area contributed by atoms with E-state index in [0.29, 0.717) is 0 Å². The molecular formula is C8H8F2N4. The number of rotatable bonds is 2. The van der Waals surface area contributed by atoms with Crippen molar-refractivity contribution in [2.75, 3.05) is 5.73 Å². The largest absolute Gasteiger partial charge is 0.398 e. The molecule has 1 aromatic rings. The third-order valence-electron chi connectivity index (χ3n) is 1.67. The Morgan fingerprint density at radius 3 is 2.64 bits per heavy atom. The van der Waals surface area contributed by atoms with Crippen LogP contribution < -0.4 is 11.5 Å². The van der Waals surface area contributed by atoms with Gasteiger partial charge in [-0.2, -0.15) is 5.26 Å². The molecule has 1 aromatic heterocycles. The zero-order valence-electron chi connectivity index (χ0n) is 7.17. The van der Waals surface area contributed by atoms with Crippen LogP contribution in [0.1, 0.15) is 23.4 Å². The normalized spacial score (nSPS) is 10.2. The number of halogens is 2. The first kappa shape index (κ1) is 10.3. The zero-order valence-corrected chi connectivity index (χ0v) is 7.17. The van der Waals surface area contributed by atoms with Crippen molar-refractivity contribution in [3.05, 3.63) is 23.0 Å². The molecule has 0 unspecified atom stereocenters. The standard InChI is InChI=1S/C8H8F2N4/c9-8(10)6-1-5(13)4(2-11)7(3-12)14-6/h1,8H,3,12H2,(H2,13,14). The number of hydrogen-bond acceptors (Lipinski definition) is 4. The molecular weight excluding hydrogens is 190 g/mol. The molecule has 0 fully saturated rings. The maximum absolute atomic E-state index is 12.3. The van der Waals surface area contributed by atoms with Crippen LogP contribution in [-0.2, 0) is 6.54 Å². The van der Waals surface area contributed by atoms with Gasteiger partial charge in [0.05, 0.1) is 16.9 Å². The number of hydrogen-bond donors (Lipinski definition) is 2. The summed E-state index contributed by atoms with van der Waals surface area (Å²) in [5.41, 5.74) is 10.3. The van der Waals surface area contributed by atoms with E-state index in [-0.39, 0.29) is 23.5 Å². The van der Waals surface area contributed by atoms with Crippen molar-refractivity contribution in [2.24, 2.45) is 5.73 Å². The Balaban J connectivity index is 3.33. The van der Waals surface area contributed by atoms with E-state index in [9.17, 15) is 8.78 Å². The summed E-state index contributed by atoms with van der Waals surface area (Å²) in [7, 11) is 0. The van der Waals surface area contributed by atoms with Crippen molar-refractivity contribution < 1.29 is 8.78 Å². The average Bonchev–Trinajstić information content (AvgIpc) is 2.16. The topological polar surface area (TPSA) is 88.7 Å². The number of nitriles is 1. The lowest BCUT2D eigenvalue weighted by Gasteiger charge is -2.06. The Morgan fingerprint density at radius 1 is 1.57 bits per heavy atom. The fourth-order valence-electron chi connectivity index (χ4n) is 1.03. The van der Waals surface area contributed by atoms with Crippen molar-refractivity contribution in [1.82, 2.24) is 4.98 Å². The van der Waals surface area contributed by atoms with Crippen molar-refractivity contribution in [2.45, 2.75) is 13.0 Å². The molecule has 6 heteroatoms. The van der Waals surface area contributed by atoms with E-state index in [2.05, 4.69) is 4.98 Å². The molecule has 0 radical (unpaired) electrons. The van der Waals surface area contributed by atoms with Gasteiger partial charge in [0.2, 0.25) is 0 Å². The number of nitrogens with zero attached hydrogens (tertiary/aromatic N) is 2. The molecule has 0 spiro atoms. The van der Waals surface area contributed by atoms with Crippen LogP contribution in [0.2, 0.25) is 0 Å². The minimum atomic E-state index is -2.71. The Morgan fingerprint density at radius 2 is 2.21 bits per heavy atom. The van der Waals surface area contributed by atoms with Gasteiger partial charge in [-0.1, -0.05) is 0 Å². The lowest BCUT2D eigenvalue weighted by Crippen LogP contribution is -2.08. The maximum atomic E-state index is 12.3. The van der Waals surface area contributed by atoms with Crippen LogP contribution in [0, 0.1) is 11.3 Å². The van der Waals surface area contributed by atoms with Gasteiger partial charge in [-0.15, -0.1) is 0 Å². The van der Waals surface area contributed by atoms with Gasteiger partial charge in [-0.25, -0.2) is 13.8 Å². The first-order valence-electron chi connectivity index (χ1n) is 3.77. The van der Waals surface area contributed by atoms with Crippen molar-refractivity contribution in [3.63, 3.8) is 0 Å². The molecule has 0 aromatic carbocycles. The first-order chi connectivity index (χ1) is 6.60. The number of pyridine rings is 1. The minimum absolute atomic E-state index is 0.0155. The summed E-state index contributed by atoms with van der Waals surface area (Å²) >= 11 is 0. The van der Waals surface area contributed by atoms with E-state index < -0.39 is 12.1 Å². The van der Waals surface area contributed by atoms with Crippen LogP contribution in [0.4, 0.5) is 14.5 Å². The van der Waals surface area contributed by atoms with Crippen molar-refractivity contribution in [3.8, 4) is 6.07 Å². The highest BCUT2D eigenvalue weighted by Gasteiger charge is 2.14. The van der Waals surface area contributed by atoms with E-state index in [4.69, 9.17) is 16.7 Å². The van der Waals surface area contributed by atoms with Gasteiger partial charge in [0.25, 0.3) is 6.43 Å². The quantitative estimate of drug-likeness (QED) is 0.739. The van der Waals surface area contributed by atoms with Gasteiger partial charge in [0, 0.05) is 6.54 Å². The summed E-state index contributed by atoms with van der Waals surface area (Å²) < 4.78 is 24.5. The molecule has 4 N–H and O–H groups in total. The molecule has 0 saturated carbocycles. The lowest BCUT2D eigenvalue weighted by molar-refractivity contribution is 0.146. The molecule has 14 heavy (non-hydrogen) atoms. The highest BCUT2D eigenvalue weighted by molar-refractivity contribution is 5.56. The van der Waals surface area contributed by atoms with E-state index in [0.717, 1.165) is 6.07 Å². The molecule has 4 nitrogen and oxygen atoms in total. The third-order valence-corrected chi connectivity index (χ3v) is 1.67. The second-order valence-corrected chi connectivity index (χ2v) is 2.57. The van der Waals surface area contributed by atoms with Gasteiger partial charge < -0.3 is 11.5 Å². The number of alkyl halides is 2. The van der Waals surface area contributed by atoms with E-state index in [1.165, 1.54) is 0 Å². The van der Waals surface area contributed by atoms with Crippen molar-refractivity contribution in [1.29, 1.82) is 5.26 Å². The average molecular weight is 198 g/mol. The van der Waals surface area contributed by atoms with Gasteiger partial charge in [-0.05, 0) is 6.07 Å². The Bertz CT molecular complexity index is 384. The van der Waals surface area contributed by atoms with Crippen LogP contribution in [0.3, 0.4) is 0 Å². The second-order valence-electron chi connectivity index (χ2n) is 2.57. The predicted molar refractivity (Wildman–Crippen MR) is 46.2 cm³/mol.